The van der Waals surface area contributed by atoms with Crippen LogP contribution in [0.4, 0.5) is 26.3 Å². The van der Waals surface area contributed by atoms with Crippen LogP contribution in [0.5, 0.6) is 11.5 Å². The Bertz CT molecular complexity index is 1370. The van der Waals surface area contributed by atoms with Crippen molar-refractivity contribution in [2.75, 3.05) is 6.61 Å². The molecule has 0 radical (unpaired) electrons. The SMILES string of the molecule is CCCCOc1cnc(-c2ccc3c(F)c(CCc4cc(F)c(OC(F)(F)F)c(F)c4)ccc3c2)nc1. The van der Waals surface area contributed by atoms with Gasteiger partial charge in [-0.15, -0.1) is 13.2 Å². The fourth-order valence-corrected chi connectivity index (χ4v) is 3.79. The van der Waals surface area contributed by atoms with Gasteiger partial charge in [-0.3, -0.25) is 0 Å². The Morgan fingerprint density at radius 1 is 0.865 bits per heavy atom. The largest absolute Gasteiger partial charge is 0.573 e. The maximum absolute atomic E-state index is 15.2. The zero-order valence-corrected chi connectivity index (χ0v) is 19.7. The zero-order valence-electron chi connectivity index (χ0n) is 19.7. The zero-order chi connectivity index (χ0) is 26.6. The van der Waals surface area contributed by atoms with Crippen molar-refractivity contribution in [1.29, 1.82) is 0 Å². The fraction of sp³-hybridized carbons (Fsp3) is 0.259. The Balaban J connectivity index is 1.49. The van der Waals surface area contributed by atoms with Gasteiger partial charge in [-0.2, -0.15) is 0 Å². The summed E-state index contributed by atoms with van der Waals surface area (Å²) in [6.45, 7) is 2.65. The van der Waals surface area contributed by atoms with E-state index in [-0.39, 0.29) is 18.4 Å². The molecule has 0 aliphatic rings. The molecule has 0 aliphatic carbocycles. The first-order valence-corrected chi connectivity index (χ1v) is 11.5. The summed E-state index contributed by atoms with van der Waals surface area (Å²) in [6.07, 6.45) is -0.0456. The maximum atomic E-state index is 15.2. The molecule has 0 saturated carbocycles. The van der Waals surface area contributed by atoms with Crippen LogP contribution >= 0.6 is 0 Å². The van der Waals surface area contributed by atoms with E-state index in [1.807, 2.05) is 0 Å². The smallest absolute Gasteiger partial charge is 0.490 e. The van der Waals surface area contributed by atoms with Crippen LogP contribution in [0.15, 0.2) is 54.9 Å². The van der Waals surface area contributed by atoms with Crippen LogP contribution in [-0.4, -0.2) is 22.9 Å². The van der Waals surface area contributed by atoms with Crippen LogP contribution in [0.25, 0.3) is 22.2 Å². The average Bonchev–Trinajstić information content (AvgIpc) is 2.86. The van der Waals surface area contributed by atoms with Crippen molar-refractivity contribution in [3.63, 3.8) is 0 Å². The normalized spacial score (nSPS) is 11.6. The summed E-state index contributed by atoms with van der Waals surface area (Å²) in [6, 6.07) is 9.79. The summed E-state index contributed by atoms with van der Waals surface area (Å²) >= 11 is 0. The number of alkyl halides is 3. The van der Waals surface area contributed by atoms with Crippen molar-refractivity contribution >= 4 is 10.8 Å². The number of hydrogen-bond acceptors (Lipinski definition) is 4. The van der Waals surface area contributed by atoms with Crippen molar-refractivity contribution in [1.82, 2.24) is 9.97 Å². The Kier molecular flexibility index (Phi) is 7.85. The highest BCUT2D eigenvalue weighted by molar-refractivity contribution is 5.87. The molecule has 194 valence electrons. The van der Waals surface area contributed by atoms with Crippen LogP contribution < -0.4 is 9.47 Å². The number of ether oxygens (including phenoxy) is 2. The lowest BCUT2D eigenvalue weighted by Crippen LogP contribution is -2.19. The van der Waals surface area contributed by atoms with Crippen molar-refractivity contribution in [3.05, 3.63) is 83.4 Å². The number of benzene rings is 3. The van der Waals surface area contributed by atoms with Crippen LogP contribution in [0.3, 0.4) is 0 Å². The van der Waals surface area contributed by atoms with Gasteiger partial charge in [0.15, 0.2) is 23.2 Å². The predicted octanol–water partition coefficient (Wildman–Crippen LogP) is 7.58. The van der Waals surface area contributed by atoms with Gasteiger partial charge >= 0.3 is 6.36 Å². The molecule has 1 heterocycles. The van der Waals surface area contributed by atoms with Gasteiger partial charge in [-0.05, 0) is 54.0 Å². The van der Waals surface area contributed by atoms with E-state index in [1.165, 1.54) is 0 Å². The average molecular weight is 520 g/mol. The fourth-order valence-electron chi connectivity index (χ4n) is 3.79. The molecular formula is C27H22F6N2O2. The number of rotatable bonds is 9. The van der Waals surface area contributed by atoms with E-state index in [0.29, 0.717) is 40.1 Å². The molecule has 4 rings (SSSR count). The van der Waals surface area contributed by atoms with E-state index in [2.05, 4.69) is 21.6 Å². The molecule has 0 bridgehead atoms. The summed E-state index contributed by atoms with van der Waals surface area (Å²) in [7, 11) is 0. The number of halogens is 6. The maximum Gasteiger partial charge on any atom is 0.573 e. The van der Waals surface area contributed by atoms with E-state index in [0.717, 1.165) is 25.0 Å². The molecule has 0 saturated heterocycles. The van der Waals surface area contributed by atoms with Crippen molar-refractivity contribution in [3.8, 4) is 22.9 Å². The third-order valence-electron chi connectivity index (χ3n) is 5.65. The quantitative estimate of drug-likeness (QED) is 0.169. The predicted molar refractivity (Wildman–Crippen MR) is 126 cm³/mol. The first-order valence-electron chi connectivity index (χ1n) is 11.5. The number of hydrogen-bond donors (Lipinski definition) is 0. The van der Waals surface area contributed by atoms with Gasteiger partial charge in [0, 0.05) is 10.9 Å². The standard InChI is InChI=1S/C27H22F6N2O2/c1-2-3-10-36-20-14-34-26(35-15-20)19-8-9-21-18(13-19)7-6-17(24(21)30)5-4-16-11-22(28)25(23(29)12-16)37-27(31,32)33/h6-9,11-15H,2-5,10H2,1H3. The molecule has 0 N–H and O–H groups in total. The Morgan fingerprint density at radius 3 is 2.22 bits per heavy atom. The van der Waals surface area contributed by atoms with E-state index in [9.17, 15) is 22.0 Å². The Hall–Kier alpha value is -3.82. The molecule has 4 nitrogen and oxygen atoms in total. The second kappa shape index (κ2) is 11.1. The van der Waals surface area contributed by atoms with Crippen LogP contribution in [0.1, 0.15) is 30.9 Å². The highest BCUT2D eigenvalue weighted by atomic mass is 19.4. The summed E-state index contributed by atoms with van der Waals surface area (Å²) in [4.78, 5) is 8.63. The summed E-state index contributed by atoms with van der Waals surface area (Å²) < 4.78 is 89.0. The second-order valence-electron chi connectivity index (χ2n) is 8.36. The molecule has 10 heteroatoms. The minimum absolute atomic E-state index is 0.00115. The van der Waals surface area contributed by atoms with Gasteiger partial charge in [-0.25, -0.2) is 23.1 Å². The lowest BCUT2D eigenvalue weighted by molar-refractivity contribution is -0.276. The lowest BCUT2D eigenvalue weighted by atomic mass is 9.98. The van der Waals surface area contributed by atoms with Gasteiger partial charge in [0.2, 0.25) is 5.75 Å². The highest BCUT2D eigenvalue weighted by Crippen LogP contribution is 2.31. The molecule has 0 unspecified atom stereocenters. The van der Waals surface area contributed by atoms with Gasteiger partial charge in [0.25, 0.3) is 0 Å². The molecular weight excluding hydrogens is 498 g/mol. The summed E-state index contributed by atoms with van der Waals surface area (Å²) in [5.74, 6) is -3.97. The molecule has 3 aromatic carbocycles. The van der Waals surface area contributed by atoms with E-state index in [4.69, 9.17) is 4.74 Å². The van der Waals surface area contributed by atoms with Crippen LogP contribution in [0.2, 0.25) is 0 Å². The van der Waals surface area contributed by atoms with Crippen LogP contribution in [0, 0.1) is 17.5 Å². The van der Waals surface area contributed by atoms with Gasteiger partial charge < -0.3 is 9.47 Å². The molecule has 0 amide bonds. The molecule has 0 aliphatic heterocycles. The van der Waals surface area contributed by atoms with Crippen molar-refractivity contribution in [2.24, 2.45) is 0 Å². The lowest BCUT2D eigenvalue weighted by Gasteiger charge is -2.12. The van der Waals surface area contributed by atoms with Crippen molar-refractivity contribution < 1.29 is 35.8 Å². The van der Waals surface area contributed by atoms with E-state index in [1.54, 1.807) is 42.7 Å². The highest BCUT2D eigenvalue weighted by Gasteiger charge is 2.34. The molecule has 0 atom stereocenters. The molecule has 37 heavy (non-hydrogen) atoms. The van der Waals surface area contributed by atoms with Gasteiger partial charge in [0.05, 0.1) is 19.0 Å². The minimum atomic E-state index is -5.23. The van der Waals surface area contributed by atoms with Crippen LogP contribution in [-0.2, 0) is 12.8 Å². The molecule has 1 aromatic heterocycles. The van der Waals surface area contributed by atoms with Gasteiger partial charge in [0.1, 0.15) is 5.82 Å². The van der Waals surface area contributed by atoms with Gasteiger partial charge in [-0.1, -0.05) is 37.6 Å². The van der Waals surface area contributed by atoms with E-state index < -0.39 is 29.6 Å². The Morgan fingerprint density at radius 2 is 1.57 bits per heavy atom. The first kappa shape index (κ1) is 26.2. The molecule has 0 fully saturated rings. The molecule has 4 aromatic rings. The first-order chi connectivity index (χ1) is 17.6. The van der Waals surface area contributed by atoms with E-state index >= 15 is 4.39 Å². The number of fused-ring (bicyclic) bond motifs is 1. The molecule has 0 spiro atoms. The Labute approximate surface area is 208 Å². The second-order valence-corrected chi connectivity index (χ2v) is 8.36. The number of unbranched alkanes of at least 4 members (excludes halogenated alkanes) is 1. The summed E-state index contributed by atoms with van der Waals surface area (Å²) in [5, 5.41) is 0.948. The number of nitrogens with zero attached hydrogens (tertiary/aromatic N) is 2. The minimum Gasteiger partial charge on any atom is -0.490 e. The van der Waals surface area contributed by atoms with Crippen molar-refractivity contribution in [2.45, 2.75) is 39.0 Å². The third kappa shape index (κ3) is 6.49. The topological polar surface area (TPSA) is 44.2 Å². The number of aryl methyl sites for hydroxylation is 2. The summed E-state index contributed by atoms with van der Waals surface area (Å²) in [5.41, 5.74) is 1.05. The number of aromatic nitrogens is 2. The monoisotopic (exact) mass is 520 g/mol. The third-order valence-corrected chi connectivity index (χ3v) is 5.65.